The lowest BCUT2D eigenvalue weighted by molar-refractivity contribution is 0.0517. The maximum absolute atomic E-state index is 13.5. The average molecular weight is 452 g/mol. The molecule has 0 saturated carbocycles. The van der Waals surface area contributed by atoms with Gasteiger partial charge in [-0.25, -0.2) is 22.0 Å². The Hall–Kier alpha value is -3.65. The predicted molar refractivity (Wildman–Crippen MR) is 120 cm³/mol. The van der Waals surface area contributed by atoms with Gasteiger partial charge in [0.15, 0.2) is 0 Å². The zero-order valence-corrected chi connectivity index (χ0v) is 18.4. The molecule has 0 unspecified atom stereocenters. The smallest absolute Gasteiger partial charge is 0.338 e. The van der Waals surface area contributed by atoms with Crippen LogP contribution in [0.3, 0.4) is 0 Å². The van der Waals surface area contributed by atoms with Crippen LogP contribution in [0.1, 0.15) is 34.6 Å². The molecular formula is C24H21NO6S. The highest BCUT2D eigenvalue weighted by atomic mass is 32.2. The van der Waals surface area contributed by atoms with Crippen LogP contribution in [0.15, 0.2) is 71.6 Å². The lowest BCUT2D eigenvalue weighted by Crippen LogP contribution is -2.13. The van der Waals surface area contributed by atoms with Gasteiger partial charge in [0.1, 0.15) is 0 Å². The molecule has 8 heteroatoms. The number of rotatable bonds is 6. The summed E-state index contributed by atoms with van der Waals surface area (Å²) < 4.78 is 38.5. The number of carbonyl (C=O) groups is 2. The van der Waals surface area contributed by atoms with E-state index in [1.165, 1.54) is 28.2 Å². The van der Waals surface area contributed by atoms with E-state index in [9.17, 15) is 18.0 Å². The summed E-state index contributed by atoms with van der Waals surface area (Å²) in [5.41, 5.74) is 1.35. The Balaban J connectivity index is 2.05. The molecule has 0 aliphatic heterocycles. The molecule has 0 aliphatic rings. The largest absolute Gasteiger partial charge is 0.462 e. The maximum Gasteiger partial charge on any atom is 0.338 e. The molecule has 4 aromatic rings. The van der Waals surface area contributed by atoms with Gasteiger partial charge in [-0.05, 0) is 62.4 Å². The molecule has 0 N–H and O–H groups in total. The number of carbonyl (C=O) groups excluding carboxylic acids is 2. The van der Waals surface area contributed by atoms with Crippen LogP contribution in [0.25, 0.3) is 21.8 Å². The first-order chi connectivity index (χ1) is 15.4. The van der Waals surface area contributed by atoms with Crippen molar-refractivity contribution in [1.82, 2.24) is 3.97 Å². The summed E-state index contributed by atoms with van der Waals surface area (Å²) in [6, 6.07) is 17.5. The number of fused-ring (bicyclic) bond motifs is 3. The van der Waals surface area contributed by atoms with Crippen molar-refractivity contribution in [1.29, 1.82) is 0 Å². The molecule has 0 spiro atoms. The minimum atomic E-state index is -3.95. The highest BCUT2D eigenvalue weighted by Gasteiger charge is 2.25. The molecule has 0 fully saturated rings. The van der Waals surface area contributed by atoms with E-state index < -0.39 is 22.0 Å². The number of ether oxygens (including phenoxy) is 2. The Kier molecular flexibility index (Phi) is 5.71. The Morgan fingerprint density at radius 1 is 0.750 bits per heavy atom. The van der Waals surface area contributed by atoms with E-state index in [1.54, 1.807) is 56.3 Å². The lowest BCUT2D eigenvalue weighted by atomic mass is 10.1. The Morgan fingerprint density at radius 2 is 1.22 bits per heavy atom. The van der Waals surface area contributed by atoms with E-state index in [-0.39, 0.29) is 29.2 Å². The molecule has 7 nitrogen and oxygen atoms in total. The van der Waals surface area contributed by atoms with Gasteiger partial charge in [0.05, 0.1) is 40.3 Å². The quantitative estimate of drug-likeness (QED) is 0.404. The van der Waals surface area contributed by atoms with Crippen LogP contribution in [-0.2, 0) is 19.5 Å². The summed E-state index contributed by atoms with van der Waals surface area (Å²) in [6.07, 6.45) is 0. The molecular weight excluding hydrogens is 430 g/mol. The summed E-state index contributed by atoms with van der Waals surface area (Å²) in [5, 5.41) is 1.02. The Bertz CT molecular complexity index is 1360. The van der Waals surface area contributed by atoms with Gasteiger partial charge in [0, 0.05) is 10.8 Å². The third-order valence-corrected chi connectivity index (χ3v) is 6.77. The standard InChI is InChI=1S/C24H21NO6S/c1-3-30-23(26)16-10-12-21-19(14-16)20-15-17(24(27)31-4-2)11-13-22(20)25(21)32(28,29)18-8-6-5-7-9-18/h5-15H,3-4H2,1-2H3. The SMILES string of the molecule is CCOC(=O)c1ccc2c(c1)c1cc(C(=O)OCC)ccc1n2S(=O)(=O)c1ccccc1. The van der Waals surface area contributed by atoms with Gasteiger partial charge in [-0.15, -0.1) is 0 Å². The molecule has 1 heterocycles. The first-order valence-electron chi connectivity index (χ1n) is 10.1. The van der Waals surface area contributed by atoms with Crippen molar-refractivity contribution in [3.05, 3.63) is 77.9 Å². The van der Waals surface area contributed by atoms with Crippen LogP contribution < -0.4 is 0 Å². The van der Waals surface area contributed by atoms with Gasteiger partial charge < -0.3 is 9.47 Å². The van der Waals surface area contributed by atoms with Crippen LogP contribution in [0.4, 0.5) is 0 Å². The molecule has 0 atom stereocenters. The topological polar surface area (TPSA) is 91.7 Å². The lowest BCUT2D eigenvalue weighted by Gasteiger charge is -2.10. The zero-order chi connectivity index (χ0) is 22.9. The van der Waals surface area contributed by atoms with E-state index in [4.69, 9.17) is 9.47 Å². The number of benzene rings is 3. The van der Waals surface area contributed by atoms with Crippen molar-refractivity contribution in [3.63, 3.8) is 0 Å². The van der Waals surface area contributed by atoms with Crippen molar-refractivity contribution in [2.75, 3.05) is 13.2 Å². The van der Waals surface area contributed by atoms with Crippen molar-refractivity contribution < 1.29 is 27.5 Å². The van der Waals surface area contributed by atoms with Gasteiger partial charge in [0.2, 0.25) is 0 Å². The molecule has 4 rings (SSSR count). The van der Waals surface area contributed by atoms with Crippen molar-refractivity contribution in [2.45, 2.75) is 18.7 Å². The van der Waals surface area contributed by atoms with E-state index in [2.05, 4.69) is 0 Å². The van der Waals surface area contributed by atoms with Crippen LogP contribution >= 0.6 is 0 Å². The summed E-state index contributed by atoms with van der Waals surface area (Å²) in [6.45, 7) is 3.85. The second-order valence-corrected chi connectivity index (χ2v) is 8.77. The first-order valence-corrected chi connectivity index (χ1v) is 11.6. The number of hydrogen-bond donors (Lipinski definition) is 0. The van der Waals surface area contributed by atoms with E-state index in [0.717, 1.165) is 0 Å². The third-order valence-electron chi connectivity index (χ3n) is 5.02. The zero-order valence-electron chi connectivity index (χ0n) is 17.6. The predicted octanol–water partition coefficient (Wildman–Crippen LogP) is 4.38. The minimum absolute atomic E-state index is 0.128. The Labute approximate surface area is 185 Å². The molecule has 0 radical (unpaired) electrons. The number of aromatic nitrogens is 1. The van der Waals surface area contributed by atoms with Crippen molar-refractivity contribution in [2.24, 2.45) is 0 Å². The second-order valence-electron chi connectivity index (χ2n) is 6.99. The fourth-order valence-electron chi connectivity index (χ4n) is 3.63. The van der Waals surface area contributed by atoms with Gasteiger partial charge >= 0.3 is 11.9 Å². The molecule has 0 aliphatic carbocycles. The molecule has 3 aromatic carbocycles. The van der Waals surface area contributed by atoms with Gasteiger partial charge in [0.25, 0.3) is 10.0 Å². The van der Waals surface area contributed by atoms with Crippen LogP contribution in [0.2, 0.25) is 0 Å². The van der Waals surface area contributed by atoms with E-state index >= 15 is 0 Å². The van der Waals surface area contributed by atoms with E-state index in [1.807, 2.05) is 0 Å². The van der Waals surface area contributed by atoms with Crippen LogP contribution in [-0.4, -0.2) is 37.5 Å². The fourth-order valence-corrected chi connectivity index (χ4v) is 5.18. The van der Waals surface area contributed by atoms with Gasteiger partial charge in [-0.1, -0.05) is 18.2 Å². The fraction of sp³-hybridized carbons (Fsp3) is 0.167. The second kappa shape index (κ2) is 8.47. The molecule has 164 valence electrons. The van der Waals surface area contributed by atoms with Crippen LogP contribution in [0.5, 0.6) is 0 Å². The van der Waals surface area contributed by atoms with Crippen molar-refractivity contribution in [3.8, 4) is 0 Å². The maximum atomic E-state index is 13.5. The Morgan fingerprint density at radius 3 is 1.66 bits per heavy atom. The van der Waals surface area contributed by atoms with Gasteiger partial charge in [-0.2, -0.15) is 0 Å². The molecule has 32 heavy (non-hydrogen) atoms. The monoisotopic (exact) mass is 451 g/mol. The molecule has 1 aromatic heterocycles. The molecule has 0 bridgehead atoms. The summed E-state index contributed by atoms with van der Waals surface area (Å²) in [4.78, 5) is 24.7. The summed E-state index contributed by atoms with van der Waals surface area (Å²) >= 11 is 0. The third kappa shape index (κ3) is 3.62. The molecule has 0 amide bonds. The highest BCUT2D eigenvalue weighted by Crippen LogP contribution is 2.34. The van der Waals surface area contributed by atoms with Crippen LogP contribution in [0, 0.1) is 0 Å². The van der Waals surface area contributed by atoms with Crippen molar-refractivity contribution >= 4 is 43.8 Å². The number of esters is 2. The summed E-state index contributed by atoms with van der Waals surface area (Å²) in [5.74, 6) is -1.02. The highest BCUT2D eigenvalue weighted by molar-refractivity contribution is 7.90. The normalized spacial score (nSPS) is 11.6. The van der Waals surface area contributed by atoms with E-state index in [0.29, 0.717) is 21.8 Å². The minimum Gasteiger partial charge on any atom is -0.462 e. The first kappa shape index (κ1) is 21.6. The number of nitrogens with zero attached hydrogens (tertiary/aromatic N) is 1. The average Bonchev–Trinajstić information content (AvgIpc) is 3.13. The molecule has 0 saturated heterocycles. The van der Waals surface area contributed by atoms with Gasteiger partial charge in [-0.3, -0.25) is 0 Å². The summed E-state index contributed by atoms with van der Waals surface area (Å²) in [7, 11) is -3.95. The number of hydrogen-bond acceptors (Lipinski definition) is 6.